The van der Waals surface area contributed by atoms with Crippen molar-refractivity contribution in [1.29, 1.82) is 0 Å². The Bertz CT molecular complexity index is 1300. The summed E-state index contributed by atoms with van der Waals surface area (Å²) in [5.74, 6) is 0.118. The number of aromatic amines is 1. The maximum absolute atomic E-state index is 14.0. The molecule has 166 valence electrons. The molecule has 0 aliphatic rings. The summed E-state index contributed by atoms with van der Waals surface area (Å²) >= 11 is 0. The summed E-state index contributed by atoms with van der Waals surface area (Å²) in [7, 11) is 5.90. The lowest BCUT2D eigenvalue weighted by Crippen LogP contribution is -2.28. The molecule has 2 N–H and O–H groups in total. The van der Waals surface area contributed by atoms with Crippen LogP contribution in [0.5, 0.6) is 6.01 Å². The molecule has 0 fully saturated rings. The molecule has 12 heteroatoms. The molecule has 3 atom stereocenters. The zero-order valence-corrected chi connectivity index (χ0v) is 19.9. The second-order valence-corrected chi connectivity index (χ2v) is 9.84. The highest BCUT2D eigenvalue weighted by atomic mass is 31.1. The van der Waals surface area contributed by atoms with Crippen LogP contribution in [0.2, 0.25) is 0 Å². The van der Waals surface area contributed by atoms with Gasteiger partial charge in [0.15, 0.2) is 5.15 Å². The average Bonchev–Trinajstić information content (AvgIpc) is 3.29. The van der Waals surface area contributed by atoms with Crippen LogP contribution in [0.4, 0.5) is 10.2 Å². The number of nitrogens with zero attached hydrogens (tertiary/aromatic N) is 5. The molecule has 0 bridgehead atoms. The molecule has 4 rings (SSSR count). The first-order valence-electron chi connectivity index (χ1n) is 9.67. The van der Waals surface area contributed by atoms with Crippen LogP contribution in [0, 0.1) is 6.92 Å². The number of anilines is 1. The molecule has 1 amide bonds. The molecule has 4 heterocycles. The molecule has 0 aliphatic carbocycles. The Labute approximate surface area is 188 Å². The van der Waals surface area contributed by atoms with Crippen molar-refractivity contribution in [2.24, 2.45) is 7.05 Å². The molecular formula is C20H22FN7O2P2. The Morgan fingerprint density at radius 2 is 2.12 bits per heavy atom. The highest BCUT2D eigenvalue weighted by Crippen LogP contribution is 2.34. The van der Waals surface area contributed by atoms with Gasteiger partial charge in [-0.05, 0) is 26.0 Å². The summed E-state index contributed by atoms with van der Waals surface area (Å²) in [6.45, 7) is 3.36. The van der Waals surface area contributed by atoms with Gasteiger partial charge >= 0.3 is 6.01 Å². The first-order valence-corrected chi connectivity index (χ1v) is 10.8. The zero-order valence-electron chi connectivity index (χ0n) is 17.6. The number of pyridine rings is 1. The molecule has 0 saturated heterocycles. The first kappa shape index (κ1) is 22.2. The molecule has 4 aromatic heterocycles. The van der Waals surface area contributed by atoms with Gasteiger partial charge in [-0.25, -0.2) is 14.4 Å². The van der Waals surface area contributed by atoms with E-state index in [1.807, 2.05) is 6.07 Å². The van der Waals surface area contributed by atoms with Crippen LogP contribution < -0.4 is 10.1 Å². The van der Waals surface area contributed by atoms with E-state index in [1.165, 1.54) is 0 Å². The molecule has 0 aromatic carbocycles. The van der Waals surface area contributed by atoms with Crippen molar-refractivity contribution in [3.63, 3.8) is 0 Å². The normalized spacial score (nSPS) is 12.7. The number of fused-ring (bicyclic) bond motifs is 1. The third kappa shape index (κ3) is 4.76. The number of aromatic nitrogens is 6. The quantitative estimate of drug-likeness (QED) is 0.415. The molecule has 32 heavy (non-hydrogen) atoms. The van der Waals surface area contributed by atoms with Crippen molar-refractivity contribution >= 4 is 41.1 Å². The molecule has 9 nitrogen and oxygen atoms in total. The van der Waals surface area contributed by atoms with Crippen molar-refractivity contribution < 1.29 is 13.9 Å². The standard InChI is InChI=1S/C20H22FN7O2P2/c1-10-13(9-28(3)27-10)18(29)26-17-7-15-12(8-23-17)6-16(24-15)14-4-5-22-19(25-14)30-11(2)20(21,31)32/h4-9,11,24H,31-32H2,1-3H3,(H,23,26,29). The fourth-order valence-electron chi connectivity index (χ4n) is 3.03. The van der Waals surface area contributed by atoms with E-state index in [4.69, 9.17) is 4.74 Å². The fourth-order valence-corrected chi connectivity index (χ4v) is 3.17. The van der Waals surface area contributed by atoms with Crippen LogP contribution in [0.15, 0.2) is 36.8 Å². The molecule has 0 spiro atoms. The van der Waals surface area contributed by atoms with E-state index in [-0.39, 0.29) is 11.9 Å². The largest absolute Gasteiger partial charge is 0.456 e. The van der Waals surface area contributed by atoms with Gasteiger partial charge in [-0.1, -0.05) is 18.5 Å². The molecule has 3 unspecified atom stereocenters. The molecule has 0 radical (unpaired) electrons. The van der Waals surface area contributed by atoms with E-state index in [9.17, 15) is 9.18 Å². The maximum atomic E-state index is 14.0. The van der Waals surface area contributed by atoms with Crippen molar-refractivity contribution in [2.75, 3.05) is 5.32 Å². The lowest BCUT2D eigenvalue weighted by Gasteiger charge is -2.22. The third-order valence-electron chi connectivity index (χ3n) is 4.82. The third-order valence-corrected chi connectivity index (χ3v) is 5.76. The number of rotatable bonds is 6. The van der Waals surface area contributed by atoms with Gasteiger partial charge in [0.1, 0.15) is 11.9 Å². The van der Waals surface area contributed by atoms with Crippen molar-refractivity contribution in [2.45, 2.75) is 25.1 Å². The Hall–Kier alpha value is -2.96. The summed E-state index contributed by atoms with van der Waals surface area (Å²) in [6, 6.07) is 5.40. The number of aryl methyl sites for hydroxylation is 2. The number of amides is 1. The predicted octanol–water partition coefficient (Wildman–Crippen LogP) is 3.45. The van der Waals surface area contributed by atoms with Crippen LogP contribution >= 0.6 is 18.5 Å². The number of alkyl halides is 1. The van der Waals surface area contributed by atoms with Crippen molar-refractivity contribution in [3.8, 4) is 17.4 Å². The number of hydrogen-bond donors (Lipinski definition) is 2. The van der Waals surface area contributed by atoms with Crippen LogP contribution in [0.1, 0.15) is 23.0 Å². The van der Waals surface area contributed by atoms with Gasteiger partial charge in [-0.3, -0.25) is 9.48 Å². The Kier molecular flexibility index (Phi) is 5.93. The van der Waals surface area contributed by atoms with Crippen molar-refractivity contribution in [1.82, 2.24) is 29.7 Å². The summed E-state index contributed by atoms with van der Waals surface area (Å²) < 4.78 is 21.1. The summed E-state index contributed by atoms with van der Waals surface area (Å²) in [4.78, 5) is 28.5. The second kappa shape index (κ2) is 8.52. The molecule has 0 saturated carbocycles. The van der Waals surface area contributed by atoms with Gasteiger partial charge in [0, 0.05) is 37.1 Å². The van der Waals surface area contributed by atoms with E-state index < -0.39 is 11.3 Å². The van der Waals surface area contributed by atoms with Crippen LogP contribution in [-0.4, -0.2) is 46.9 Å². The SMILES string of the molecule is Cc1nn(C)cc1C(=O)Nc1cc2[nH]c(-c3ccnc(OC(C)C(F)(P)P)n3)cc2cn1. The van der Waals surface area contributed by atoms with E-state index in [1.54, 1.807) is 56.3 Å². The van der Waals surface area contributed by atoms with Gasteiger partial charge in [0.25, 0.3) is 5.91 Å². The Morgan fingerprint density at radius 3 is 2.81 bits per heavy atom. The van der Waals surface area contributed by atoms with Gasteiger partial charge in [0.05, 0.1) is 28.2 Å². The first-order chi connectivity index (χ1) is 15.1. The fraction of sp³-hybridized carbons (Fsp3) is 0.250. The van der Waals surface area contributed by atoms with E-state index in [0.29, 0.717) is 28.5 Å². The minimum absolute atomic E-state index is 0.0681. The summed E-state index contributed by atoms with van der Waals surface area (Å²) in [5, 5.41) is 6.12. The maximum Gasteiger partial charge on any atom is 0.317 e. The monoisotopic (exact) mass is 473 g/mol. The Morgan fingerprint density at radius 1 is 1.34 bits per heavy atom. The van der Waals surface area contributed by atoms with Gasteiger partial charge < -0.3 is 15.0 Å². The average molecular weight is 473 g/mol. The number of hydrogen-bond acceptors (Lipinski definition) is 6. The lowest BCUT2D eigenvalue weighted by molar-refractivity contribution is 0.102. The van der Waals surface area contributed by atoms with Gasteiger partial charge in [-0.2, -0.15) is 10.1 Å². The number of carbonyl (C=O) groups is 1. The second-order valence-electron chi connectivity index (χ2n) is 7.41. The number of ether oxygens (including phenoxy) is 1. The van der Waals surface area contributed by atoms with Crippen LogP contribution in [-0.2, 0) is 7.05 Å². The lowest BCUT2D eigenvalue weighted by atomic mass is 10.2. The molecular weight excluding hydrogens is 451 g/mol. The smallest absolute Gasteiger partial charge is 0.317 e. The summed E-state index contributed by atoms with van der Waals surface area (Å²) in [5.41, 5.74) is 3.17. The number of nitrogens with one attached hydrogen (secondary N) is 2. The molecule has 4 aromatic rings. The highest BCUT2D eigenvalue weighted by Gasteiger charge is 2.28. The highest BCUT2D eigenvalue weighted by molar-refractivity contribution is 7.39. The minimum atomic E-state index is -1.69. The van der Waals surface area contributed by atoms with Gasteiger partial charge in [-0.15, -0.1) is 0 Å². The van der Waals surface area contributed by atoms with Crippen LogP contribution in [0.3, 0.4) is 0 Å². The predicted molar refractivity (Wildman–Crippen MR) is 126 cm³/mol. The van der Waals surface area contributed by atoms with Gasteiger partial charge in [0.2, 0.25) is 0 Å². The minimum Gasteiger partial charge on any atom is -0.456 e. The van der Waals surface area contributed by atoms with E-state index >= 15 is 0 Å². The molecule has 0 aliphatic heterocycles. The zero-order chi connectivity index (χ0) is 23.0. The Balaban J connectivity index is 1.56. The van der Waals surface area contributed by atoms with E-state index in [0.717, 1.165) is 10.9 Å². The van der Waals surface area contributed by atoms with Crippen molar-refractivity contribution in [3.05, 3.63) is 48.0 Å². The topological polar surface area (TPSA) is 111 Å². The van der Waals surface area contributed by atoms with Crippen LogP contribution in [0.25, 0.3) is 22.3 Å². The number of carbonyl (C=O) groups excluding carboxylic acids is 1. The van der Waals surface area contributed by atoms with E-state index in [2.05, 4.69) is 48.8 Å². The summed E-state index contributed by atoms with van der Waals surface area (Å²) in [6.07, 6.45) is 4.07. The number of halogens is 1. The number of H-pyrrole nitrogens is 1.